The molecular weight excluding hydrogens is 442 g/mol. The van der Waals surface area contributed by atoms with Crippen LogP contribution in [-0.4, -0.2) is 28.2 Å². The summed E-state index contributed by atoms with van der Waals surface area (Å²) in [5.41, 5.74) is 1.70. The standard InChI is InChI=1S/C24H21N3O5S/c28-23(30-16-21-26-22(32-27-21)20-12-7-13-33-20)19(14-17-8-3-1-4-9-17)25-24(29)31-15-18-10-5-2-6-11-18/h1-13,19H,14-16H2,(H,25,29)/t19-/m0/s1. The second-order valence-electron chi connectivity index (χ2n) is 7.05. The van der Waals surface area contributed by atoms with Gasteiger partial charge in [-0.15, -0.1) is 11.3 Å². The summed E-state index contributed by atoms with van der Waals surface area (Å²) in [6, 6.07) is 21.4. The summed E-state index contributed by atoms with van der Waals surface area (Å²) in [4.78, 5) is 30.2. The molecule has 168 valence electrons. The first-order valence-electron chi connectivity index (χ1n) is 10.2. The van der Waals surface area contributed by atoms with Crippen molar-refractivity contribution in [3.05, 3.63) is 95.1 Å². The third-order valence-corrected chi connectivity index (χ3v) is 5.47. The number of ether oxygens (including phenoxy) is 2. The summed E-state index contributed by atoms with van der Waals surface area (Å²) in [7, 11) is 0. The van der Waals surface area contributed by atoms with Crippen LogP contribution in [0.15, 0.2) is 82.7 Å². The number of nitrogens with one attached hydrogen (secondary N) is 1. The molecule has 0 unspecified atom stereocenters. The Morgan fingerprint density at radius 3 is 2.33 bits per heavy atom. The molecular formula is C24H21N3O5S. The van der Waals surface area contributed by atoms with Crippen molar-refractivity contribution in [2.45, 2.75) is 25.7 Å². The molecule has 0 saturated heterocycles. The number of hydrogen-bond donors (Lipinski definition) is 1. The molecule has 0 bridgehead atoms. The van der Waals surface area contributed by atoms with E-state index in [-0.39, 0.29) is 25.5 Å². The zero-order chi connectivity index (χ0) is 22.9. The lowest BCUT2D eigenvalue weighted by Crippen LogP contribution is -2.43. The van der Waals surface area contributed by atoms with E-state index in [9.17, 15) is 9.59 Å². The molecule has 2 aromatic heterocycles. The van der Waals surface area contributed by atoms with Gasteiger partial charge in [0.1, 0.15) is 12.6 Å². The molecule has 0 saturated carbocycles. The summed E-state index contributed by atoms with van der Waals surface area (Å²) in [5, 5.41) is 8.34. The van der Waals surface area contributed by atoms with E-state index in [1.54, 1.807) is 0 Å². The number of carbonyl (C=O) groups is 2. The van der Waals surface area contributed by atoms with Gasteiger partial charge in [-0.1, -0.05) is 71.9 Å². The van der Waals surface area contributed by atoms with E-state index in [4.69, 9.17) is 14.0 Å². The van der Waals surface area contributed by atoms with Crippen LogP contribution >= 0.6 is 11.3 Å². The van der Waals surface area contributed by atoms with Crippen LogP contribution in [0.1, 0.15) is 17.0 Å². The van der Waals surface area contributed by atoms with Gasteiger partial charge in [0.15, 0.2) is 6.61 Å². The molecule has 0 spiro atoms. The Hall–Kier alpha value is -3.98. The molecule has 33 heavy (non-hydrogen) atoms. The Morgan fingerprint density at radius 1 is 0.909 bits per heavy atom. The molecule has 1 N–H and O–H groups in total. The maximum Gasteiger partial charge on any atom is 0.408 e. The number of esters is 1. The van der Waals surface area contributed by atoms with Gasteiger partial charge >= 0.3 is 12.1 Å². The molecule has 0 aliphatic carbocycles. The van der Waals surface area contributed by atoms with Crippen LogP contribution in [0.3, 0.4) is 0 Å². The van der Waals surface area contributed by atoms with E-state index < -0.39 is 18.1 Å². The first-order valence-corrected chi connectivity index (χ1v) is 11.1. The molecule has 2 aromatic carbocycles. The monoisotopic (exact) mass is 463 g/mol. The lowest BCUT2D eigenvalue weighted by atomic mass is 10.1. The van der Waals surface area contributed by atoms with Crippen molar-refractivity contribution in [1.82, 2.24) is 15.5 Å². The van der Waals surface area contributed by atoms with Crippen LogP contribution in [0.4, 0.5) is 4.79 Å². The number of rotatable bonds is 9. The summed E-state index contributed by atoms with van der Waals surface area (Å²) in [5.74, 6) is -0.0330. The predicted molar refractivity (Wildman–Crippen MR) is 121 cm³/mol. The zero-order valence-corrected chi connectivity index (χ0v) is 18.4. The first kappa shape index (κ1) is 22.2. The van der Waals surface area contributed by atoms with Gasteiger partial charge in [0, 0.05) is 6.42 Å². The highest BCUT2D eigenvalue weighted by Crippen LogP contribution is 2.22. The fourth-order valence-electron chi connectivity index (χ4n) is 3.00. The molecule has 4 aromatic rings. The number of aromatic nitrogens is 2. The van der Waals surface area contributed by atoms with Crippen molar-refractivity contribution in [3.8, 4) is 10.8 Å². The summed E-state index contributed by atoms with van der Waals surface area (Å²) in [6.45, 7) is -0.0894. The van der Waals surface area contributed by atoms with Gasteiger partial charge in [-0.3, -0.25) is 0 Å². The molecule has 1 amide bonds. The maximum absolute atomic E-state index is 12.8. The lowest BCUT2D eigenvalue weighted by molar-refractivity contribution is -0.147. The van der Waals surface area contributed by atoms with Crippen LogP contribution in [0, 0.1) is 0 Å². The molecule has 9 heteroatoms. The first-order chi connectivity index (χ1) is 16.2. The SMILES string of the molecule is O=C(N[C@@H](Cc1ccccc1)C(=O)OCc1noc(-c2cccs2)n1)OCc1ccccc1. The number of nitrogens with zero attached hydrogens (tertiary/aromatic N) is 2. The number of amides is 1. The summed E-state index contributed by atoms with van der Waals surface area (Å²) >= 11 is 1.46. The van der Waals surface area contributed by atoms with Crippen LogP contribution in [0.2, 0.25) is 0 Å². The Bertz CT molecular complexity index is 1160. The van der Waals surface area contributed by atoms with Gasteiger partial charge in [0.05, 0.1) is 4.88 Å². The van der Waals surface area contributed by atoms with Gasteiger partial charge in [-0.25, -0.2) is 9.59 Å². The highest BCUT2D eigenvalue weighted by Gasteiger charge is 2.24. The molecule has 4 rings (SSSR count). The van der Waals surface area contributed by atoms with Crippen molar-refractivity contribution in [1.29, 1.82) is 0 Å². The molecule has 0 aliphatic rings. The predicted octanol–water partition coefficient (Wildman–Crippen LogP) is 4.38. The van der Waals surface area contributed by atoms with Gasteiger partial charge in [0.25, 0.3) is 5.89 Å². The minimum absolute atomic E-state index is 0.0914. The van der Waals surface area contributed by atoms with Gasteiger partial charge in [-0.05, 0) is 22.6 Å². The third-order valence-electron chi connectivity index (χ3n) is 4.62. The van der Waals surface area contributed by atoms with E-state index >= 15 is 0 Å². The maximum atomic E-state index is 12.8. The van der Waals surface area contributed by atoms with Crippen molar-refractivity contribution in [3.63, 3.8) is 0 Å². The average Bonchev–Trinajstić information content (AvgIpc) is 3.54. The number of hydrogen-bond acceptors (Lipinski definition) is 8. The largest absolute Gasteiger partial charge is 0.456 e. The van der Waals surface area contributed by atoms with E-state index in [0.717, 1.165) is 16.0 Å². The van der Waals surface area contributed by atoms with E-state index in [1.807, 2.05) is 78.2 Å². The van der Waals surface area contributed by atoms with Crippen LogP contribution < -0.4 is 5.32 Å². The van der Waals surface area contributed by atoms with E-state index in [2.05, 4.69) is 15.5 Å². The third kappa shape index (κ3) is 6.50. The summed E-state index contributed by atoms with van der Waals surface area (Å²) in [6.07, 6.45) is -0.469. The second-order valence-corrected chi connectivity index (χ2v) is 8.00. The number of thiophene rings is 1. The highest BCUT2D eigenvalue weighted by atomic mass is 32.1. The fraction of sp³-hybridized carbons (Fsp3) is 0.167. The Balaban J connectivity index is 1.36. The molecule has 0 radical (unpaired) electrons. The Kier molecular flexibility index (Phi) is 7.44. The minimum atomic E-state index is -0.945. The molecule has 0 aliphatic heterocycles. The van der Waals surface area contributed by atoms with E-state index in [1.165, 1.54) is 11.3 Å². The highest BCUT2D eigenvalue weighted by molar-refractivity contribution is 7.13. The average molecular weight is 464 g/mol. The zero-order valence-electron chi connectivity index (χ0n) is 17.5. The Labute approximate surface area is 194 Å². The van der Waals surface area contributed by atoms with Crippen molar-refractivity contribution < 1.29 is 23.6 Å². The second kappa shape index (κ2) is 11.1. The fourth-order valence-corrected chi connectivity index (χ4v) is 3.64. The number of alkyl carbamates (subject to hydrolysis) is 1. The van der Waals surface area contributed by atoms with Crippen LogP contribution in [0.25, 0.3) is 10.8 Å². The van der Waals surface area contributed by atoms with Crippen LogP contribution in [0.5, 0.6) is 0 Å². The smallest absolute Gasteiger partial charge is 0.408 e. The molecule has 8 nitrogen and oxygen atoms in total. The lowest BCUT2D eigenvalue weighted by Gasteiger charge is -2.17. The quantitative estimate of drug-likeness (QED) is 0.367. The Morgan fingerprint density at radius 2 is 1.64 bits per heavy atom. The summed E-state index contributed by atoms with van der Waals surface area (Å²) < 4.78 is 15.8. The van der Waals surface area contributed by atoms with E-state index in [0.29, 0.717) is 5.89 Å². The normalized spacial score (nSPS) is 11.5. The topological polar surface area (TPSA) is 104 Å². The van der Waals surface area contributed by atoms with Gasteiger partial charge in [-0.2, -0.15) is 4.98 Å². The molecule has 1 atom stereocenters. The number of carbonyl (C=O) groups excluding carboxylic acids is 2. The van der Waals surface area contributed by atoms with Crippen molar-refractivity contribution in [2.75, 3.05) is 0 Å². The van der Waals surface area contributed by atoms with Crippen LogP contribution in [-0.2, 0) is 33.9 Å². The van der Waals surface area contributed by atoms with Gasteiger partial charge in [0.2, 0.25) is 5.82 Å². The molecule has 2 heterocycles. The minimum Gasteiger partial charge on any atom is -0.456 e. The molecule has 0 fully saturated rings. The number of benzene rings is 2. The van der Waals surface area contributed by atoms with Crippen molar-refractivity contribution in [2.24, 2.45) is 0 Å². The van der Waals surface area contributed by atoms with Crippen molar-refractivity contribution >= 4 is 23.4 Å². The van der Waals surface area contributed by atoms with Gasteiger partial charge < -0.3 is 19.3 Å².